The van der Waals surface area contributed by atoms with Crippen LogP contribution in [0.5, 0.6) is 5.75 Å². The number of pyridine rings is 1. The molecular formula is C29H32N4O2. The van der Waals surface area contributed by atoms with Crippen LogP contribution in [0.15, 0.2) is 67.0 Å². The first-order chi connectivity index (χ1) is 17.0. The maximum atomic E-state index is 12.3. The molecule has 0 saturated carbocycles. The number of nitrogens with zero attached hydrogens (tertiary/aromatic N) is 3. The summed E-state index contributed by atoms with van der Waals surface area (Å²) >= 11 is 0. The summed E-state index contributed by atoms with van der Waals surface area (Å²) in [5.41, 5.74) is 6.41. The summed E-state index contributed by atoms with van der Waals surface area (Å²) in [7, 11) is 4.13. The van der Waals surface area contributed by atoms with E-state index in [1.54, 1.807) is 12.4 Å². The van der Waals surface area contributed by atoms with E-state index < -0.39 is 0 Å². The Morgan fingerprint density at radius 1 is 0.971 bits per heavy atom. The SMILES string of the molecule is CCC(=O)c1ccc(-c2nc(-c3ccc(OCCCN(C)C)cc3)[nH]c2-c2ccncc2)cc1C. The van der Waals surface area contributed by atoms with Gasteiger partial charge in [-0.05, 0) is 75.5 Å². The van der Waals surface area contributed by atoms with Crippen molar-refractivity contribution in [1.29, 1.82) is 0 Å². The van der Waals surface area contributed by atoms with Gasteiger partial charge in [0.05, 0.1) is 18.0 Å². The molecule has 4 aromatic rings. The van der Waals surface area contributed by atoms with E-state index in [-0.39, 0.29) is 5.78 Å². The molecule has 0 aliphatic heterocycles. The van der Waals surface area contributed by atoms with E-state index in [0.717, 1.165) is 63.7 Å². The van der Waals surface area contributed by atoms with E-state index in [2.05, 4.69) is 29.0 Å². The number of ketones is 1. The average Bonchev–Trinajstić information content (AvgIpc) is 3.32. The van der Waals surface area contributed by atoms with Crippen molar-refractivity contribution in [2.75, 3.05) is 27.2 Å². The largest absolute Gasteiger partial charge is 0.494 e. The number of H-pyrrole nitrogens is 1. The van der Waals surface area contributed by atoms with Gasteiger partial charge in [-0.1, -0.05) is 19.1 Å². The molecule has 2 aromatic heterocycles. The molecule has 0 spiro atoms. The van der Waals surface area contributed by atoms with Crippen molar-refractivity contribution in [3.8, 4) is 39.7 Å². The maximum absolute atomic E-state index is 12.3. The van der Waals surface area contributed by atoms with E-state index >= 15 is 0 Å². The quantitative estimate of drug-likeness (QED) is 0.227. The second-order valence-corrected chi connectivity index (χ2v) is 8.88. The van der Waals surface area contributed by atoms with Crippen molar-refractivity contribution in [2.45, 2.75) is 26.7 Å². The van der Waals surface area contributed by atoms with Crippen molar-refractivity contribution in [2.24, 2.45) is 0 Å². The van der Waals surface area contributed by atoms with Gasteiger partial charge in [-0.25, -0.2) is 4.98 Å². The lowest BCUT2D eigenvalue weighted by Crippen LogP contribution is -2.15. The molecule has 0 saturated heterocycles. The first-order valence-corrected chi connectivity index (χ1v) is 12.0. The Labute approximate surface area is 207 Å². The average molecular weight is 469 g/mol. The fourth-order valence-corrected chi connectivity index (χ4v) is 4.04. The predicted molar refractivity (Wildman–Crippen MR) is 141 cm³/mol. The summed E-state index contributed by atoms with van der Waals surface area (Å²) in [5, 5.41) is 0. The summed E-state index contributed by atoms with van der Waals surface area (Å²) in [6.45, 7) is 5.54. The van der Waals surface area contributed by atoms with E-state index in [1.807, 2.05) is 68.4 Å². The van der Waals surface area contributed by atoms with Crippen LogP contribution in [0.25, 0.3) is 33.9 Å². The van der Waals surface area contributed by atoms with Crippen molar-refractivity contribution in [1.82, 2.24) is 19.9 Å². The highest BCUT2D eigenvalue weighted by atomic mass is 16.5. The molecule has 6 nitrogen and oxygen atoms in total. The number of aromatic amines is 1. The van der Waals surface area contributed by atoms with Gasteiger partial charge in [-0.3, -0.25) is 9.78 Å². The molecule has 2 aromatic carbocycles. The number of carbonyl (C=O) groups is 1. The molecule has 0 aliphatic rings. The molecule has 0 amide bonds. The molecule has 0 bridgehead atoms. The Morgan fingerprint density at radius 2 is 1.69 bits per heavy atom. The molecule has 0 unspecified atom stereocenters. The smallest absolute Gasteiger partial charge is 0.162 e. The van der Waals surface area contributed by atoms with Gasteiger partial charge < -0.3 is 14.6 Å². The van der Waals surface area contributed by atoms with Crippen LogP contribution in [-0.2, 0) is 0 Å². The van der Waals surface area contributed by atoms with Gasteiger partial charge in [0.25, 0.3) is 0 Å². The molecule has 2 heterocycles. The fourth-order valence-electron chi connectivity index (χ4n) is 4.04. The van der Waals surface area contributed by atoms with Gasteiger partial charge >= 0.3 is 0 Å². The Bertz CT molecular complexity index is 1280. The zero-order chi connectivity index (χ0) is 24.8. The highest BCUT2D eigenvalue weighted by molar-refractivity contribution is 5.98. The zero-order valence-electron chi connectivity index (χ0n) is 20.8. The summed E-state index contributed by atoms with van der Waals surface area (Å²) in [6.07, 6.45) is 5.02. The van der Waals surface area contributed by atoms with Crippen LogP contribution in [-0.4, -0.2) is 52.9 Å². The van der Waals surface area contributed by atoms with E-state index in [9.17, 15) is 4.79 Å². The number of hydrogen-bond donors (Lipinski definition) is 1. The molecular weight excluding hydrogens is 436 g/mol. The highest BCUT2D eigenvalue weighted by Gasteiger charge is 2.17. The molecule has 0 fully saturated rings. The number of rotatable bonds is 10. The number of nitrogens with one attached hydrogen (secondary N) is 1. The van der Waals surface area contributed by atoms with Gasteiger partial charge in [0.1, 0.15) is 11.6 Å². The Kier molecular flexibility index (Phi) is 7.73. The molecule has 0 aliphatic carbocycles. The fraction of sp³-hybridized carbons (Fsp3) is 0.276. The summed E-state index contributed by atoms with van der Waals surface area (Å²) in [5.74, 6) is 1.77. The molecule has 1 N–H and O–H groups in total. The first kappa shape index (κ1) is 24.4. The summed E-state index contributed by atoms with van der Waals surface area (Å²) in [6, 6.07) is 17.9. The van der Waals surface area contributed by atoms with Crippen molar-refractivity contribution < 1.29 is 9.53 Å². The van der Waals surface area contributed by atoms with Crippen LogP contribution in [0.1, 0.15) is 35.7 Å². The number of ether oxygens (including phenoxy) is 1. The zero-order valence-corrected chi connectivity index (χ0v) is 20.8. The number of imidazole rings is 1. The minimum Gasteiger partial charge on any atom is -0.494 e. The van der Waals surface area contributed by atoms with E-state index in [4.69, 9.17) is 9.72 Å². The normalized spacial score (nSPS) is 11.1. The number of hydrogen-bond acceptors (Lipinski definition) is 5. The molecule has 180 valence electrons. The summed E-state index contributed by atoms with van der Waals surface area (Å²) in [4.78, 5) is 27.1. The van der Waals surface area contributed by atoms with Crippen molar-refractivity contribution >= 4 is 5.78 Å². The maximum Gasteiger partial charge on any atom is 0.162 e. The number of carbonyl (C=O) groups excluding carboxylic acids is 1. The van der Waals surface area contributed by atoms with E-state index in [0.29, 0.717) is 13.0 Å². The molecule has 4 rings (SSSR count). The predicted octanol–water partition coefficient (Wildman–Crippen LogP) is 6.04. The lowest BCUT2D eigenvalue weighted by molar-refractivity contribution is 0.0987. The number of Topliss-reactive ketones (excluding diaryl/α,β-unsaturated/α-hetero) is 1. The van der Waals surface area contributed by atoms with Crippen LogP contribution >= 0.6 is 0 Å². The topological polar surface area (TPSA) is 71.1 Å². The van der Waals surface area contributed by atoms with Crippen LogP contribution in [0.2, 0.25) is 0 Å². The van der Waals surface area contributed by atoms with Crippen LogP contribution in [0.3, 0.4) is 0 Å². The van der Waals surface area contributed by atoms with Crippen LogP contribution in [0, 0.1) is 6.92 Å². The minimum atomic E-state index is 0.148. The second kappa shape index (κ2) is 11.1. The van der Waals surface area contributed by atoms with Gasteiger partial charge in [-0.2, -0.15) is 0 Å². The summed E-state index contributed by atoms with van der Waals surface area (Å²) < 4.78 is 5.88. The van der Waals surface area contributed by atoms with E-state index in [1.165, 1.54) is 0 Å². The Hall–Kier alpha value is -3.77. The van der Waals surface area contributed by atoms with Gasteiger partial charge in [0.2, 0.25) is 0 Å². The molecule has 0 radical (unpaired) electrons. The minimum absolute atomic E-state index is 0.148. The third-order valence-electron chi connectivity index (χ3n) is 5.94. The monoisotopic (exact) mass is 468 g/mol. The van der Waals surface area contributed by atoms with Gasteiger partial charge in [-0.15, -0.1) is 0 Å². The van der Waals surface area contributed by atoms with Crippen molar-refractivity contribution in [3.05, 3.63) is 78.1 Å². The Balaban J connectivity index is 1.65. The lowest BCUT2D eigenvalue weighted by atomic mass is 9.98. The van der Waals surface area contributed by atoms with Crippen molar-refractivity contribution in [3.63, 3.8) is 0 Å². The number of aromatic nitrogens is 3. The third kappa shape index (κ3) is 5.84. The Morgan fingerprint density at radius 3 is 2.34 bits per heavy atom. The first-order valence-electron chi connectivity index (χ1n) is 12.0. The lowest BCUT2D eigenvalue weighted by Gasteiger charge is -2.10. The second-order valence-electron chi connectivity index (χ2n) is 8.88. The molecule has 6 heteroatoms. The van der Waals surface area contributed by atoms with Gasteiger partial charge in [0.15, 0.2) is 5.78 Å². The van der Waals surface area contributed by atoms with Gasteiger partial charge in [0, 0.05) is 47.6 Å². The van der Waals surface area contributed by atoms with Crippen LogP contribution in [0.4, 0.5) is 0 Å². The molecule has 0 atom stereocenters. The number of benzene rings is 2. The molecule has 35 heavy (non-hydrogen) atoms. The standard InChI is InChI=1S/C29H32N4O2/c1-5-26(34)25-12-9-23(19-20(25)2)28-27(21-13-15-30-16-14-21)31-29(32-28)22-7-10-24(11-8-22)35-18-6-17-33(3)4/h7-16,19H,5-6,17-18H2,1-4H3,(H,31,32). The van der Waals surface area contributed by atoms with Crippen LogP contribution < -0.4 is 4.74 Å². The number of aryl methyl sites for hydroxylation is 1. The highest BCUT2D eigenvalue weighted by Crippen LogP contribution is 2.34. The third-order valence-corrected chi connectivity index (χ3v) is 5.94.